The summed E-state index contributed by atoms with van der Waals surface area (Å²) in [6, 6.07) is 10.2. The normalized spacial score (nSPS) is 18.9. The molecule has 21 heavy (non-hydrogen) atoms. The van der Waals surface area contributed by atoms with Crippen LogP contribution in [0, 0.1) is 0 Å². The second kappa shape index (κ2) is 5.20. The molecule has 2 heterocycles. The van der Waals surface area contributed by atoms with Gasteiger partial charge in [0, 0.05) is 11.4 Å². The van der Waals surface area contributed by atoms with Crippen molar-refractivity contribution in [2.75, 3.05) is 6.26 Å². The number of hydrogen-bond acceptors (Lipinski definition) is 4. The highest BCUT2D eigenvalue weighted by Gasteiger charge is 2.36. The molecule has 5 nitrogen and oxygen atoms in total. The van der Waals surface area contributed by atoms with Crippen LogP contribution in [0.4, 0.5) is 0 Å². The molecule has 0 aliphatic carbocycles. The van der Waals surface area contributed by atoms with Crippen molar-refractivity contribution in [1.29, 1.82) is 0 Å². The Labute approximate surface area is 127 Å². The van der Waals surface area contributed by atoms with Gasteiger partial charge in [0.2, 0.25) is 10.0 Å². The minimum atomic E-state index is -3.47. The van der Waals surface area contributed by atoms with Crippen molar-refractivity contribution in [3.05, 3.63) is 59.0 Å². The van der Waals surface area contributed by atoms with E-state index >= 15 is 0 Å². The van der Waals surface area contributed by atoms with Crippen LogP contribution in [0.5, 0.6) is 0 Å². The third-order valence-electron chi connectivity index (χ3n) is 3.26. The van der Waals surface area contributed by atoms with Crippen LogP contribution in [0.1, 0.15) is 23.8 Å². The number of furan rings is 1. The molecule has 1 aliphatic heterocycles. The highest BCUT2D eigenvalue weighted by molar-refractivity contribution is 7.88. The predicted molar refractivity (Wildman–Crippen MR) is 80.7 cm³/mol. The third kappa shape index (κ3) is 2.82. The molecule has 1 aromatic carbocycles. The highest BCUT2D eigenvalue weighted by atomic mass is 35.5. The fourth-order valence-corrected chi connectivity index (χ4v) is 3.32. The van der Waals surface area contributed by atoms with Crippen LogP contribution in [-0.2, 0) is 10.0 Å². The Morgan fingerprint density at radius 3 is 2.57 bits per heavy atom. The number of halogens is 1. The molecular formula is C14H13ClN2O3S. The Hall–Kier alpha value is -1.79. The summed E-state index contributed by atoms with van der Waals surface area (Å²) in [7, 11) is -3.47. The molecule has 0 bridgehead atoms. The third-order valence-corrected chi connectivity index (χ3v) is 4.53. The molecule has 1 aliphatic rings. The van der Waals surface area contributed by atoms with Crippen LogP contribution in [0.2, 0.25) is 5.02 Å². The van der Waals surface area contributed by atoms with Crippen LogP contribution in [0.3, 0.4) is 0 Å². The van der Waals surface area contributed by atoms with E-state index < -0.39 is 16.1 Å². The summed E-state index contributed by atoms with van der Waals surface area (Å²) in [6.45, 7) is 0. The summed E-state index contributed by atoms with van der Waals surface area (Å²) in [5.74, 6) is 0.577. The molecule has 0 N–H and O–H groups in total. The molecule has 2 aromatic rings. The lowest BCUT2D eigenvalue weighted by molar-refractivity contribution is 0.322. The summed E-state index contributed by atoms with van der Waals surface area (Å²) in [6.07, 6.45) is 3.12. The first-order valence-corrected chi connectivity index (χ1v) is 8.54. The minimum Gasteiger partial charge on any atom is -0.467 e. The average molecular weight is 325 g/mol. The Morgan fingerprint density at radius 1 is 1.29 bits per heavy atom. The van der Waals surface area contributed by atoms with Crippen LogP contribution in [0.25, 0.3) is 0 Å². The van der Waals surface area contributed by atoms with Crippen LogP contribution < -0.4 is 0 Å². The first kappa shape index (κ1) is 14.2. The zero-order valence-electron chi connectivity index (χ0n) is 11.2. The monoisotopic (exact) mass is 324 g/mol. The van der Waals surface area contributed by atoms with Gasteiger partial charge in [0.05, 0.1) is 18.2 Å². The summed E-state index contributed by atoms with van der Waals surface area (Å²) >= 11 is 5.87. The molecule has 1 aromatic heterocycles. The second-order valence-electron chi connectivity index (χ2n) is 4.82. The van der Waals surface area contributed by atoms with Crippen molar-refractivity contribution in [2.24, 2.45) is 5.10 Å². The fraction of sp³-hybridized carbons (Fsp3) is 0.214. The number of hydrazone groups is 1. The molecule has 0 fully saturated rings. The van der Waals surface area contributed by atoms with Crippen LogP contribution in [0.15, 0.2) is 52.2 Å². The molecule has 0 saturated carbocycles. The van der Waals surface area contributed by atoms with Crippen molar-refractivity contribution in [3.63, 3.8) is 0 Å². The van der Waals surface area contributed by atoms with E-state index in [9.17, 15) is 8.42 Å². The summed E-state index contributed by atoms with van der Waals surface area (Å²) in [4.78, 5) is 0. The number of nitrogens with zero attached hydrogens (tertiary/aromatic N) is 2. The van der Waals surface area contributed by atoms with Gasteiger partial charge in [-0.05, 0) is 29.8 Å². The molecule has 3 rings (SSSR count). The number of rotatable bonds is 3. The molecule has 0 saturated heterocycles. The summed E-state index contributed by atoms with van der Waals surface area (Å²) in [5.41, 5.74) is 1.54. The Balaban J connectivity index is 1.99. The second-order valence-corrected chi connectivity index (χ2v) is 7.10. The molecule has 7 heteroatoms. The van der Waals surface area contributed by atoms with Gasteiger partial charge in [-0.1, -0.05) is 23.7 Å². The van der Waals surface area contributed by atoms with Crippen molar-refractivity contribution in [2.45, 2.75) is 12.5 Å². The quantitative estimate of drug-likeness (QED) is 0.871. The van der Waals surface area contributed by atoms with Gasteiger partial charge < -0.3 is 4.42 Å². The maximum atomic E-state index is 11.9. The van der Waals surface area contributed by atoms with Crippen molar-refractivity contribution >= 4 is 27.3 Å². The Morgan fingerprint density at radius 2 is 2.00 bits per heavy atom. The Bertz CT molecular complexity index is 767. The molecule has 0 amide bonds. The van der Waals surface area contributed by atoms with E-state index in [-0.39, 0.29) is 0 Å². The molecule has 110 valence electrons. The van der Waals surface area contributed by atoms with Crippen molar-refractivity contribution < 1.29 is 12.8 Å². The minimum absolute atomic E-state index is 0.444. The smallest absolute Gasteiger partial charge is 0.247 e. The number of hydrogen-bond donors (Lipinski definition) is 0. The largest absolute Gasteiger partial charge is 0.467 e. The fourth-order valence-electron chi connectivity index (χ4n) is 2.30. The van der Waals surface area contributed by atoms with E-state index in [2.05, 4.69) is 5.10 Å². The zero-order valence-corrected chi connectivity index (χ0v) is 12.8. The van der Waals surface area contributed by atoms with E-state index in [1.54, 1.807) is 24.3 Å². The van der Waals surface area contributed by atoms with E-state index in [0.29, 0.717) is 22.9 Å². The molecular weight excluding hydrogens is 312 g/mol. The zero-order chi connectivity index (χ0) is 15.0. The van der Waals surface area contributed by atoms with E-state index in [0.717, 1.165) is 16.2 Å². The lowest BCUT2D eigenvalue weighted by Gasteiger charge is -2.18. The van der Waals surface area contributed by atoms with Gasteiger partial charge in [0.1, 0.15) is 11.8 Å². The molecule has 0 radical (unpaired) electrons. The summed E-state index contributed by atoms with van der Waals surface area (Å²) < 4.78 is 30.3. The number of benzene rings is 1. The van der Waals surface area contributed by atoms with Gasteiger partial charge in [-0.25, -0.2) is 8.42 Å². The molecule has 1 atom stereocenters. The predicted octanol–water partition coefficient (Wildman–Crippen LogP) is 3.04. The SMILES string of the molecule is CS(=O)(=O)N1N=C(c2ccc(Cl)cc2)CC1c1ccco1. The lowest BCUT2D eigenvalue weighted by atomic mass is 10.0. The average Bonchev–Trinajstić information content (AvgIpc) is 3.07. The molecule has 0 spiro atoms. The standard InChI is InChI=1S/C14H13ClN2O3S/c1-21(18,19)17-13(14-3-2-8-20-14)9-12(16-17)10-4-6-11(15)7-5-10/h2-8,13H,9H2,1H3. The molecule has 1 unspecified atom stereocenters. The van der Waals surface area contributed by atoms with Gasteiger partial charge in [0.15, 0.2) is 0 Å². The highest BCUT2D eigenvalue weighted by Crippen LogP contribution is 2.34. The van der Waals surface area contributed by atoms with Gasteiger partial charge in [-0.15, -0.1) is 0 Å². The number of sulfonamides is 1. The first-order valence-electron chi connectivity index (χ1n) is 6.31. The van der Waals surface area contributed by atoms with E-state index in [4.69, 9.17) is 16.0 Å². The van der Waals surface area contributed by atoms with Crippen molar-refractivity contribution in [1.82, 2.24) is 4.41 Å². The lowest BCUT2D eigenvalue weighted by Crippen LogP contribution is -2.25. The van der Waals surface area contributed by atoms with Crippen LogP contribution >= 0.6 is 11.6 Å². The van der Waals surface area contributed by atoms with Gasteiger partial charge >= 0.3 is 0 Å². The van der Waals surface area contributed by atoms with E-state index in [1.807, 2.05) is 12.1 Å². The Kier molecular flexibility index (Phi) is 3.51. The maximum absolute atomic E-state index is 11.9. The van der Waals surface area contributed by atoms with Crippen LogP contribution in [-0.4, -0.2) is 24.8 Å². The van der Waals surface area contributed by atoms with Gasteiger partial charge in [0.25, 0.3) is 0 Å². The van der Waals surface area contributed by atoms with Gasteiger partial charge in [-0.2, -0.15) is 9.52 Å². The maximum Gasteiger partial charge on any atom is 0.247 e. The van der Waals surface area contributed by atoms with Crippen molar-refractivity contribution in [3.8, 4) is 0 Å². The van der Waals surface area contributed by atoms with Gasteiger partial charge in [-0.3, -0.25) is 0 Å². The summed E-state index contributed by atoms with van der Waals surface area (Å²) in [5, 5.41) is 4.88. The topological polar surface area (TPSA) is 62.9 Å². The van der Waals surface area contributed by atoms with E-state index in [1.165, 1.54) is 6.26 Å². The first-order chi connectivity index (χ1) is 9.95.